The number of hydrogen-bond donors (Lipinski definition) is 1. The van der Waals surface area contributed by atoms with Crippen LogP contribution in [0.4, 0.5) is 11.5 Å². The summed E-state index contributed by atoms with van der Waals surface area (Å²) in [5.41, 5.74) is 1.26. The maximum atomic E-state index is 4.36. The minimum Gasteiger partial charge on any atom is -0.372 e. The summed E-state index contributed by atoms with van der Waals surface area (Å²) in [4.78, 5) is 8.99. The normalized spacial score (nSPS) is 10.8. The van der Waals surface area contributed by atoms with Gasteiger partial charge in [0.25, 0.3) is 0 Å². The molecule has 0 amide bonds. The number of nitrogens with zero attached hydrogens (tertiary/aromatic N) is 3. The zero-order valence-corrected chi connectivity index (χ0v) is 12.8. The highest BCUT2D eigenvalue weighted by molar-refractivity contribution is 5.53. The Labute approximate surface area is 117 Å². The van der Waals surface area contributed by atoms with Crippen LogP contribution in [0.1, 0.15) is 26.7 Å². The van der Waals surface area contributed by atoms with Crippen molar-refractivity contribution in [1.82, 2.24) is 9.88 Å². The van der Waals surface area contributed by atoms with Crippen molar-refractivity contribution >= 4 is 11.5 Å². The number of hydrogen-bond acceptors (Lipinski definition) is 4. The van der Waals surface area contributed by atoms with Gasteiger partial charge in [0.1, 0.15) is 5.82 Å². The molecular weight excluding hydrogens is 236 g/mol. The van der Waals surface area contributed by atoms with E-state index in [1.54, 1.807) is 0 Å². The maximum Gasteiger partial charge on any atom is 0.127 e. The molecule has 1 aromatic heterocycles. The Bertz CT molecular complexity index is 352. The van der Waals surface area contributed by atoms with Gasteiger partial charge >= 0.3 is 0 Å². The molecule has 4 nitrogen and oxygen atoms in total. The minimum absolute atomic E-state index is 0.975. The number of nitrogens with one attached hydrogen (secondary N) is 1. The van der Waals surface area contributed by atoms with Gasteiger partial charge < -0.3 is 15.1 Å². The van der Waals surface area contributed by atoms with E-state index in [9.17, 15) is 0 Å². The van der Waals surface area contributed by atoms with E-state index in [0.717, 1.165) is 38.4 Å². The third-order valence-corrected chi connectivity index (χ3v) is 3.08. The van der Waals surface area contributed by atoms with Crippen LogP contribution in [0, 0.1) is 0 Å². The van der Waals surface area contributed by atoms with Gasteiger partial charge in [0.15, 0.2) is 0 Å². The van der Waals surface area contributed by atoms with Crippen LogP contribution in [-0.2, 0) is 0 Å². The lowest BCUT2D eigenvalue weighted by Crippen LogP contribution is -2.27. The quantitative estimate of drug-likeness (QED) is 0.743. The second kappa shape index (κ2) is 8.75. The highest BCUT2D eigenvalue weighted by Gasteiger charge is 2.05. The summed E-state index contributed by atoms with van der Waals surface area (Å²) < 4.78 is 0. The van der Waals surface area contributed by atoms with Crippen molar-refractivity contribution in [3.05, 3.63) is 18.3 Å². The molecule has 0 saturated heterocycles. The predicted molar refractivity (Wildman–Crippen MR) is 84.1 cm³/mol. The van der Waals surface area contributed by atoms with Crippen molar-refractivity contribution < 1.29 is 0 Å². The Kier molecular flexibility index (Phi) is 7.26. The van der Waals surface area contributed by atoms with Gasteiger partial charge in [0.2, 0.25) is 0 Å². The maximum absolute atomic E-state index is 4.36. The zero-order valence-electron chi connectivity index (χ0n) is 12.8. The van der Waals surface area contributed by atoms with E-state index in [2.05, 4.69) is 60.2 Å². The molecule has 19 heavy (non-hydrogen) atoms. The fourth-order valence-corrected chi connectivity index (χ4v) is 2.01. The first-order chi connectivity index (χ1) is 9.17. The van der Waals surface area contributed by atoms with Crippen LogP contribution in [0.3, 0.4) is 0 Å². The highest BCUT2D eigenvalue weighted by Crippen LogP contribution is 2.17. The molecule has 0 fully saturated rings. The van der Waals surface area contributed by atoms with Crippen molar-refractivity contribution in [2.75, 3.05) is 50.5 Å². The molecule has 1 rings (SSSR count). The molecule has 0 atom stereocenters. The molecule has 4 heteroatoms. The second-order valence-electron chi connectivity index (χ2n) is 5.06. The molecule has 0 aliphatic heterocycles. The molecule has 0 bridgehead atoms. The van der Waals surface area contributed by atoms with E-state index in [4.69, 9.17) is 0 Å². The fraction of sp³-hybridized carbons (Fsp3) is 0.667. The summed E-state index contributed by atoms with van der Waals surface area (Å²) in [6.07, 6.45) is 4.19. The Morgan fingerprint density at radius 2 is 2.00 bits per heavy atom. The largest absolute Gasteiger partial charge is 0.372 e. The zero-order chi connectivity index (χ0) is 14.1. The van der Waals surface area contributed by atoms with Crippen molar-refractivity contribution in [2.45, 2.75) is 26.7 Å². The number of rotatable bonds is 9. The third kappa shape index (κ3) is 5.92. The Balaban J connectivity index is 2.58. The molecule has 0 aliphatic carbocycles. The van der Waals surface area contributed by atoms with Crippen LogP contribution >= 0.6 is 0 Å². The van der Waals surface area contributed by atoms with Gasteiger partial charge in [-0.1, -0.05) is 6.92 Å². The molecule has 0 spiro atoms. The van der Waals surface area contributed by atoms with E-state index in [0.29, 0.717) is 0 Å². The van der Waals surface area contributed by atoms with E-state index in [1.807, 2.05) is 6.20 Å². The predicted octanol–water partition coefficient (Wildman–Crippen LogP) is 2.68. The second-order valence-corrected chi connectivity index (χ2v) is 5.06. The van der Waals surface area contributed by atoms with Crippen molar-refractivity contribution in [1.29, 1.82) is 0 Å². The van der Waals surface area contributed by atoms with Gasteiger partial charge in [0.05, 0.1) is 0 Å². The number of aromatic nitrogens is 1. The summed E-state index contributed by atoms with van der Waals surface area (Å²) in [5.74, 6) is 0.977. The van der Waals surface area contributed by atoms with Crippen LogP contribution in [0.15, 0.2) is 18.3 Å². The molecule has 1 heterocycles. The average molecular weight is 264 g/mol. The molecule has 0 radical (unpaired) electrons. The van der Waals surface area contributed by atoms with Crippen LogP contribution in [0.2, 0.25) is 0 Å². The van der Waals surface area contributed by atoms with Crippen molar-refractivity contribution in [3.63, 3.8) is 0 Å². The van der Waals surface area contributed by atoms with E-state index >= 15 is 0 Å². The summed E-state index contributed by atoms with van der Waals surface area (Å²) in [6, 6.07) is 4.24. The average Bonchev–Trinajstić information content (AvgIpc) is 2.41. The van der Waals surface area contributed by atoms with E-state index in [1.165, 1.54) is 12.1 Å². The molecule has 108 valence electrons. The van der Waals surface area contributed by atoms with Gasteiger partial charge in [-0.3, -0.25) is 0 Å². The van der Waals surface area contributed by atoms with Crippen LogP contribution in [-0.4, -0.2) is 50.2 Å². The SMILES string of the molecule is CCCNc1cc(N(CC)CCCN(C)C)ccn1. The first kappa shape index (κ1) is 15.8. The molecular formula is C15H28N4. The molecule has 0 aliphatic rings. The van der Waals surface area contributed by atoms with E-state index in [-0.39, 0.29) is 0 Å². The summed E-state index contributed by atoms with van der Waals surface area (Å²) in [7, 11) is 4.24. The van der Waals surface area contributed by atoms with Gasteiger partial charge in [-0.25, -0.2) is 4.98 Å². The van der Waals surface area contributed by atoms with Gasteiger partial charge in [-0.15, -0.1) is 0 Å². The highest BCUT2D eigenvalue weighted by atomic mass is 15.1. The summed E-state index contributed by atoms with van der Waals surface area (Å²) in [6.45, 7) is 8.59. The van der Waals surface area contributed by atoms with Gasteiger partial charge in [-0.2, -0.15) is 0 Å². The lowest BCUT2D eigenvalue weighted by molar-refractivity contribution is 0.400. The van der Waals surface area contributed by atoms with Crippen LogP contribution in [0.5, 0.6) is 0 Å². The molecule has 0 unspecified atom stereocenters. The van der Waals surface area contributed by atoms with E-state index < -0.39 is 0 Å². The Hall–Kier alpha value is -1.29. The smallest absolute Gasteiger partial charge is 0.127 e. The fourth-order valence-electron chi connectivity index (χ4n) is 2.01. The monoisotopic (exact) mass is 264 g/mol. The Morgan fingerprint density at radius 3 is 2.63 bits per heavy atom. The summed E-state index contributed by atoms with van der Waals surface area (Å²) >= 11 is 0. The minimum atomic E-state index is 0.975. The van der Waals surface area contributed by atoms with Gasteiger partial charge in [-0.05, 0) is 46.5 Å². The topological polar surface area (TPSA) is 31.4 Å². The van der Waals surface area contributed by atoms with Crippen molar-refractivity contribution in [2.24, 2.45) is 0 Å². The summed E-state index contributed by atoms with van der Waals surface area (Å²) in [5, 5.41) is 3.34. The molecule has 0 aromatic carbocycles. The Morgan fingerprint density at radius 1 is 1.21 bits per heavy atom. The molecule has 0 saturated carbocycles. The first-order valence-corrected chi connectivity index (χ1v) is 7.27. The number of pyridine rings is 1. The standard InChI is InChI=1S/C15H28N4/c1-5-9-16-15-13-14(8-10-17-15)19(6-2)12-7-11-18(3)4/h8,10,13H,5-7,9,11-12H2,1-4H3,(H,16,17). The van der Waals surface area contributed by atoms with Crippen LogP contribution in [0.25, 0.3) is 0 Å². The lowest BCUT2D eigenvalue weighted by Gasteiger charge is -2.24. The molecule has 1 N–H and O–H groups in total. The van der Waals surface area contributed by atoms with Gasteiger partial charge in [0, 0.05) is 37.6 Å². The lowest BCUT2D eigenvalue weighted by atomic mass is 10.3. The van der Waals surface area contributed by atoms with Crippen molar-refractivity contribution in [3.8, 4) is 0 Å². The molecule has 1 aromatic rings. The number of anilines is 2. The third-order valence-electron chi connectivity index (χ3n) is 3.08. The van der Waals surface area contributed by atoms with Crippen LogP contribution < -0.4 is 10.2 Å². The first-order valence-electron chi connectivity index (χ1n) is 7.27.